The van der Waals surface area contributed by atoms with Crippen LogP contribution in [0.15, 0.2) is 48.1 Å². The topological polar surface area (TPSA) is 26.3 Å². The van der Waals surface area contributed by atoms with Crippen molar-refractivity contribution < 1.29 is 9.53 Å². The molecule has 1 aromatic carbocycles. The second kappa shape index (κ2) is 9.15. The van der Waals surface area contributed by atoms with E-state index in [1.807, 2.05) is 18.2 Å². The molecule has 0 atom stereocenters. The number of carbonyl (C=O) groups is 1. The molecule has 0 heterocycles. The van der Waals surface area contributed by atoms with Gasteiger partial charge in [0.1, 0.15) is 0 Å². The van der Waals surface area contributed by atoms with Crippen LogP contribution in [0.3, 0.4) is 0 Å². The van der Waals surface area contributed by atoms with E-state index in [-0.39, 0.29) is 5.97 Å². The molecule has 0 aromatic heterocycles. The van der Waals surface area contributed by atoms with Crippen LogP contribution in [0.5, 0.6) is 0 Å². The van der Waals surface area contributed by atoms with Crippen LogP contribution in [0.2, 0.25) is 0 Å². The molecule has 2 nitrogen and oxygen atoms in total. The van der Waals surface area contributed by atoms with E-state index in [2.05, 4.69) is 42.0 Å². The minimum atomic E-state index is -0.145. The van der Waals surface area contributed by atoms with E-state index in [1.165, 1.54) is 18.2 Å². The first-order chi connectivity index (χ1) is 9.22. The monoisotopic (exact) mass is 258 g/mol. The van der Waals surface area contributed by atoms with Crippen molar-refractivity contribution in [3.63, 3.8) is 0 Å². The molecule has 0 bridgehead atoms. The molecule has 0 saturated heterocycles. The highest BCUT2D eigenvalue weighted by Crippen LogP contribution is 2.09. The summed E-state index contributed by atoms with van der Waals surface area (Å²) in [6.45, 7) is 2.10. The fraction of sp³-hybridized carbons (Fsp3) is 0.353. The van der Waals surface area contributed by atoms with Crippen molar-refractivity contribution in [2.75, 3.05) is 7.11 Å². The molecule has 0 aliphatic heterocycles. The van der Waals surface area contributed by atoms with Gasteiger partial charge in [-0.05, 0) is 31.7 Å². The van der Waals surface area contributed by atoms with Crippen molar-refractivity contribution in [2.45, 2.75) is 32.6 Å². The lowest BCUT2D eigenvalue weighted by Gasteiger charge is -1.99. The van der Waals surface area contributed by atoms with Crippen LogP contribution in [0.25, 0.3) is 6.08 Å². The summed E-state index contributed by atoms with van der Waals surface area (Å²) in [5.74, 6) is -0.145. The summed E-state index contributed by atoms with van der Waals surface area (Å²) in [4.78, 5) is 10.9. The average Bonchev–Trinajstić information content (AvgIpc) is 2.44. The SMILES string of the molecule is COC(=O)CC/C=C(\C)CC/C=C/c1ccccc1. The number of ether oxygens (including phenoxy) is 1. The summed E-state index contributed by atoms with van der Waals surface area (Å²) in [6, 6.07) is 10.3. The predicted molar refractivity (Wildman–Crippen MR) is 79.7 cm³/mol. The number of hydrogen-bond donors (Lipinski definition) is 0. The van der Waals surface area contributed by atoms with Gasteiger partial charge in [-0.25, -0.2) is 0 Å². The number of carbonyl (C=O) groups excluding carboxylic acids is 1. The Morgan fingerprint density at radius 1 is 1.16 bits per heavy atom. The number of esters is 1. The Kier molecular flexibility index (Phi) is 7.33. The zero-order chi connectivity index (χ0) is 13.9. The Morgan fingerprint density at radius 3 is 2.58 bits per heavy atom. The highest BCUT2D eigenvalue weighted by Gasteiger charge is 1.97. The van der Waals surface area contributed by atoms with Gasteiger partial charge in [-0.2, -0.15) is 0 Å². The second-order valence-corrected chi connectivity index (χ2v) is 4.52. The maximum absolute atomic E-state index is 10.9. The molecular formula is C17H22O2. The zero-order valence-electron chi connectivity index (χ0n) is 11.8. The van der Waals surface area contributed by atoms with Gasteiger partial charge in [0.05, 0.1) is 7.11 Å². The van der Waals surface area contributed by atoms with Gasteiger partial charge in [-0.15, -0.1) is 0 Å². The minimum Gasteiger partial charge on any atom is -0.469 e. The van der Waals surface area contributed by atoms with Crippen LogP contribution < -0.4 is 0 Å². The highest BCUT2D eigenvalue weighted by molar-refractivity contribution is 5.69. The summed E-state index contributed by atoms with van der Waals surface area (Å²) in [7, 11) is 1.42. The second-order valence-electron chi connectivity index (χ2n) is 4.52. The normalized spacial score (nSPS) is 11.8. The van der Waals surface area contributed by atoms with Crippen LogP contribution in [0, 0.1) is 0 Å². The molecule has 19 heavy (non-hydrogen) atoms. The Hall–Kier alpha value is -1.83. The van der Waals surface area contributed by atoms with Crippen molar-refractivity contribution >= 4 is 12.0 Å². The first-order valence-electron chi connectivity index (χ1n) is 6.66. The van der Waals surface area contributed by atoms with Gasteiger partial charge in [0.2, 0.25) is 0 Å². The van der Waals surface area contributed by atoms with E-state index in [1.54, 1.807) is 0 Å². The molecule has 0 amide bonds. The van der Waals surface area contributed by atoms with E-state index >= 15 is 0 Å². The highest BCUT2D eigenvalue weighted by atomic mass is 16.5. The fourth-order valence-electron chi connectivity index (χ4n) is 1.74. The maximum atomic E-state index is 10.9. The lowest BCUT2D eigenvalue weighted by molar-refractivity contribution is -0.140. The molecule has 0 unspecified atom stereocenters. The Morgan fingerprint density at radius 2 is 1.89 bits per heavy atom. The first-order valence-corrected chi connectivity index (χ1v) is 6.66. The minimum absolute atomic E-state index is 0.145. The third-order valence-corrected chi connectivity index (χ3v) is 2.88. The standard InChI is InChI=1S/C17H22O2/c1-15(10-8-14-17(18)19-2)9-6-7-13-16-11-4-3-5-12-16/h3-5,7,10-13H,6,8-9,14H2,1-2H3/b13-7+,15-10+. The smallest absolute Gasteiger partial charge is 0.305 e. The van der Waals surface area contributed by atoms with Gasteiger partial charge in [0, 0.05) is 6.42 Å². The molecule has 102 valence electrons. The van der Waals surface area contributed by atoms with E-state index in [0.29, 0.717) is 6.42 Å². The van der Waals surface area contributed by atoms with Crippen molar-refractivity contribution in [1.82, 2.24) is 0 Å². The lowest BCUT2D eigenvalue weighted by Crippen LogP contribution is -1.98. The van der Waals surface area contributed by atoms with Crippen LogP contribution in [-0.4, -0.2) is 13.1 Å². The number of rotatable bonds is 7. The van der Waals surface area contributed by atoms with E-state index < -0.39 is 0 Å². The van der Waals surface area contributed by atoms with Gasteiger partial charge >= 0.3 is 5.97 Å². The van der Waals surface area contributed by atoms with Gasteiger partial charge < -0.3 is 4.74 Å². The van der Waals surface area contributed by atoms with E-state index in [0.717, 1.165) is 19.3 Å². The quantitative estimate of drug-likeness (QED) is 0.536. The molecule has 0 radical (unpaired) electrons. The average molecular weight is 258 g/mol. The Labute approximate surface area is 115 Å². The Balaban J connectivity index is 2.23. The van der Waals surface area contributed by atoms with E-state index in [4.69, 9.17) is 0 Å². The lowest BCUT2D eigenvalue weighted by atomic mass is 10.1. The van der Waals surface area contributed by atoms with Crippen molar-refractivity contribution in [3.05, 3.63) is 53.6 Å². The molecule has 1 aromatic rings. The van der Waals surface area contributed by atoms with Crippen molar-refractivity contribution in [1.29, 1.82) is 0 Å². The molecule has 0 fully saturated rings. The van der Waals surface area contributed by atoms with Crippen LogP contribution in [-0.2, 0) is 9.53 Å². The fourth-order valence-corrected chi connectivity index (χ4v) is 1.74. The number of methoxy groups -OCH3 is 1. The third kappa shape index (κ3) is 7.24. The van der Waals surface area contributed by atoms with E-state index in [9.17, 15) is 4.79 Å². The van der Waals surface area contributed by atoms with Gasteiger partial charge in [0.25, 0.3) is 0 Å². The van der Waals surface area contributed by atoms with Gasteiger partial charge in [-0.3, -0.25) is 4.79 Å². The van der Waals surface area contributed by atoms with Crippen molar-refractivity contribution in [2.24, 2.45) is 0 Å². The molecular weight excluding hydrogens is 236 g/mol. The summed E-state index contributed by atoms with van der Waals surface area (Å²) >= 11 is 0. The van der Waals surface area contributed by atoms with Crippen LogP contribution >= 0.6 is 0 Å². The molecule has 0 spiro atoms. The first kappa shape index (κ1) is 15.2. The Bertz CT molecular complexity index is 430. The summed E-state index contributed by atoms with van der Waals surface area (Å²) in [6.07, 6.45) is 9.73. The summed E-state index contributed by atoms with van der Waals surface area (Å²) in [5, 5.41) is 0. The van der Waals surface area contributed by atoms with Crippen molar-refractivity contribution in [3.8, 4) is 0 Å². The van der Waals surface area contributed by atoms with Gasteiger partial charge in [-0.1, -0.05) is 54.1 Å². The zero-order valence-corrected chi connectivity index (χ0v) is 11.8. The summed E-state index contributed by atoms with van der Waals surface area (Å²) in [5.41, 5.74) is 2.55. The summed E-state index contributed by atoms with van der Waals surface area (Å²) < 4.78 is 4.60. The molecule has 0 saturated carbocycles. The largest absolute Gasteiger partial charge is 0.469 e. The molecule has 2 heteroatoms. The maximum Gasteiger partial charge on any atom is 0.305 e. The predicted octanol–water partition coefficient (Wildman–Crippen LogP) is 4.38. The van der Waals surface area contributed by atoms with Crippen LogP contribution in [0.1, 0.15) is 38.2 Å². The molecule has 0 aliphatic carbocycles. The molecule has 0 N–H and O–H groups in total. The third-order valence-electron chi connectivity index (χ3n) is 2.88. The molecule has 1 rings (SSSR count). The number of allylic oxidation sites excluding steroid dienone is 3. The number of hydrogen-bond acceptors (Lipinski definition) is 2. The van der Waals surface area contributed by atoms with Gasteiger partial charge in [0.15, 0.2) is 0 Å². The van der Waals surface area contributed by atoms with Crippen LogP contribution in [0.4, 0.5) is 0 Å². The number of benzene rings is 1. The molecule has 0 aliphatic rings.